The average molecular weight is 410 g/mol. The van der Waals surface area contributed by atoms with Crippen molar-refractivity contribution >= 4 is 17.7 Å². The lowest BCUT2D eigenvalue weighted by Gasteiger charge is -2.08. The molecule has 0 spiro atoms. The van der Waals surface area contributed by atoms with Crippen molar-refractivity contribution in [1.29, 1.82) is 0 Å². The van der Waals surface area contributed by atoms with Crippen LogP contribution in [-0.4, -0.2) is 32.8 Å². The molecule has 0 fully saturated rings. The highest BCUT2D eigenvalue weighted by Crippen LogP contribution is 2.28. The molecule has 8 nitrogen and oxygen atoms in total. The molecule has 0 radical (unpaired) electrons. The molecule has 0 unspecified atom stereocenters. The van der Waals surface area contributed by atoms with Gasteiger partial charge in [0.1, 0.15) is 11.5 Å². The second-order valence-electron chi connectivity index (χ2n) is 6.22. The molecule has 0 bridgehead atoms. The molecule has 0 N–H and O–H groups in total. The van der Waals surface area contributed by atoms with Crippen LogP contribution in [0.25, 0.3) is 11.4 Å². The van der Waals surface area contributed by atoms with E-state index in [4.69, 9.17) is 13.6 Å². The van der Waals surface area contributed by atoms with Crippen molar-refractivity contribution in [2.45, 2.75) is 24.4 Å². The number of furan rings is 2. The Kier molecular flexibility index (Phi) is 5.48. The first-order chi connectivity index (χ1) is 14.2. The maximum absolute atomic E-state index is 11.7. The first kappa shape index (κ1) is 19.0. The van der Waals surface area contributed by atoms with Gasteiger partial charge in [-0.25, -0.2) is 4.79 Å². The van der Waals surface area contributed by atoms with Crippen LogP contribution in [0.4, 0.5) is 0 Å². The van der Waals surface area contributed by atoms with Crippen LogP contribution >= 0.6 is 11.8 Å². The van der Waals surface area contributed by atoms with Gasteiger partial charge < -0.3 is 13.6 Å². The van der Waals surface area contributed by atoms with Crippen LogP contribution in [-0.2, 0) is 17.0 Å². The molecule has 9 heteroatoms. The van der Waals surface area contributed by atoms with Crippen molar-refractivity contribution in [2.24, 2.45) is 0 Å². The number of thioether (sulfide) groups is 1. The minimum atomic E-state index is -0.487. The molecular formula is C20H18N4O4S. The van der Waals surface area contributed by atoms with Gasteiger partial charge in [-0.3, -0.25) is 9.55 Å². The van der Waals surface area contributed by atoms with Gasteiger partial charge in [-0.05, 0) is 37.3 Å². The minimum absolute atomic E-state index is 0.219. The van der Waals surface area contributed by atoms with Crippen molar-refractivity contribution in [3.05, 3.63) is 71.8 Å². The Bertz CT molecular complexity index is 1100. The number of methoxy groups -OCH3 is 1. The van der Waals surface area contributed by atoms with Crippen molar-refractivity contribution in [2.75, 3.05) is 7.11 Å². The van der Waals surface area contributed by atoms with Crippen molar-refractivity contribution in [1.82, 2.24) is 19.7 Å². The monoisotopic (exact) mass is 410 g/mol. The number of rotatable bonds is 7. The summed E-state index contributed by atoms with van der Waals surface area (Å²) in [4.78, 5) is 15.9. The molecule has 4 aromatic heterocycles. The predicted molar refractivity (Wildman–Crippen MR) is 105 cm³/mol. The lowest BCUT2D eigenvalue weighted by atomic mass is 10.2. The molecule has 0 saturated carbocycles. The van der Waals surface area contributed by atoms with Gasteiger partial charge in [-0.2, -0.15) is 0 Å². The predicted octanol–water partition coefficient (Wildman–Crippen LogP) is 3.96. The normalized spacial score (nSPS) is 11.0. The summed E-state index contributed by atoms with van der Waals surface area (Å²) in [6.07, 6.45) is 5.09. The number of aromatic nitrogens is 4. The standard InChI is InChI=1S/C20H18N4O4S/c1-13-9-16(28-17(13)19(25)26-2)12-29-20-23-22-18(14-5-3-7-21-10-14)24(20)11-15-6-4-8-27-15/h3-10H,11-12H2,1-2H3. The number of hydrogen-bond acceptors (Lipinski definition) is 8. The van der Waals surface area contributed by atoms with E-state index in [0.717, 1.165) is 16.9 Å². The molecule has 4 aromatic rings. The Hall–Kier alpha value is -3.33. The van der Waals surface area contributed by atoms with Crippen molar-refractivity contribution < 1.29 is 18.4 Å². The molecular weight excluding hydrogens is 392 g/mol. The average Bonchev–Trinajstić information content (AvgIpc) is 3.48. The molecule has 0 aromatic carbocycles. The van der Waals surface area contributed by atoms with Crippen LogP contribution in [0.5, 0.6) is 0 Å². The van der Waals surface area contributed by atoms with E-state index in [-0.39, 0.29) is 5.76 Å². The molecule has 148 valence electrons. The van der Waals surface area contributed by atoms with Crippen molar-refractivity contribution in [3.63, 3.8) is 0 Å². The first-order valence-electron chi connectivity index (χ1n) is 8.82. The SMILES string of the molecule is COC(=O)c1oc(CSc2nnc(-c3cccnc3)n2Cc2ccco2)cc1C. The zero-order valence-corrected chi connectivity index (χ0v) is 16.7. The van der Waals surface area contributed by atoms with E-state index in [1.807, 2.05) is 41.8 Å². The molecule has 0 aliphatic heterocycles. The number of aryl methyl sites for hydroxylation is 1. The summed E-state index contributed by atoms with van der Waals surface area (Å²) in [5, 5.41) is 9.39. The Morgan fingerprint density at radius 2 is 2.14 bits per heavy atom. The fraction of sp³-hybridized carbons (Fsp3) is 0.200. The number of nitrogens with zero attached hydrogens (tertiary/aromatic N) is 4. The van der Waals surface area contributed by atoms with E-state index in [9.17, 15) is 4.79 Å². The van der Waals surface area contributed by atoms with Gasteiger partial charge in [-0.1, -0.05) is 11.8 Å². The smallest absolute Gasteiger partial charge is 0.374 e. The Labute approximate surface area is 170 Å². The van der Waals surface area contributed by atoms with Gasteiger partial charge in [0.15, 0.2) is 11.0 Å². The van der Waals surface area contributed by atoms with E-state index in [1.165, 1.54) is 18.9 Å². The maximum atomic E-state index is 11.7. The summed E-state index contributed by atoms with van der Waals surface area (Å²) >= 11 is 1.46. The molecule has 0 aliphatic rings. The molecule has 0 saturated heterocycles. The maximum Gasteiger partial charge on any atom is 0.374 e. The van der Waals surface area contributed by atoms with E-state index < -0.39 is 5.97 Å². The second-order valence-corrected chi connectivity index (χ2v) is 7.16. The lowest BCUT2D eigenvalue weighted by Crippen LogP contribution is -2.03. The Morgan fingerprint density at radius 1 is 1.24 bits per heavy atom. The van der Waals surface area contributed by atoms with Crippen LogP contribution < -0.4 is 0 Å². The van der Waals surface area contributed by atoms with E-state index in [0.29, 0.717) is 29.0 Å². The van der Waals surface area contributed by atoms with Gasteiger partial charge in [0.25, 0.3) is 0 Å². The summed E-state index contributed by atoms with van der Waals surface area (Å²) in [6, 6.07) is 9.36. The van der Waals surface area contributed by atoms with Gasteiger partial charge >= 0.3 is 5.97 Å². The number of carbonyl (C=O) groups excluding carboxylic acids is 1. The molecule has 4 rings (SSSR count). The van der Waals surface area contributed by atoms with Crippen LogP contribution in [0.2, 0.25) is 0 Å². The van der Waals surface area contributed by atoms with Crippen molar-refractivity contribution in [3.8, 4) is 11.4 Å². The summed E-state index contributed by atoms with van der Waals surface area (Å²) in [7, 11) is 1.33. The van der Waals surface area contributed by atoms with Crippen LogP contribution in [0.3, 0.4) is 0 Å². The Morgan fingerprint density at radius 3 is 2.86 bits per heavy atom. The van der Waals surface area contributed by atoms with E-state index in [2.05, 4.69) is 15.2 Å². The first-order valence-corrected chi connectivity index (χ1v) is 9.80. The molecule has 0 atom stereocenters. The zero-order valence-electron chi connectivity index (χ0n) is 15.9. The summed E-state index contributed by atoms with van der Waals surface area (Å²) in [5.74, 6) is 2.36. The molecule has 0 amide bonds. The Balaban J connectivity index is 1.60. The number of pyridine rings is 1. The fourth-order valence-electron chi connectivity index (χ4n) is 2.86. The molecule has 0 aliphatic carbocycles. The van der Waals surface area contributed by atoms with Crippen LogP contribution in [0, 0.1) is 6.92 Å². The highest BCUT2D eigenvalue weighted by Gasteiger charge is 2.19. The van der Waals surface area contributed by atoms with Gasteiger partial charge in [0.2, 0.25) is 5.76 Å². The minimum Gasteiger partial charge on any atom is -0.467 e. The number of carbonyl (C=O) groups is 1. The zero-order chi connectivity index (χ0) is 20.2. The largest absolute Gasteiger partial charge is 0.467 e. The molecule has 29 heavy (non-hydrogen) atoms. The second kappa shape index (κ2) is 8.36. The summed E-state index contributed by atoms with van der Waals surface area (Å²) < 4.78 is 17.9. The van der Waals surface area contributed by atoms with Crippen LogP contribution in [0.1, 0.15) is 27.6 Å². The van der Waals surface area contributed by atoms with E-state index in [1.54, 1.807) is 18.7 Å². The number of esters is 1. The highest BCUT2D eigenvalue weighted by molar-refractivity contribution is 7.98. The molecule has 4 heterocycles. The van der Waals surface area contributed by atoms with Crippen LogP contribution in [0.15, 0.2) is 63.0 Å². The third-order valence-electron chi connectivity index (χ3n) is 4.21. The third kappa shape index (κ3) is 4.09. The van der Waals surface area contributed by atoms with Gasteiger partial charge in [0.05, 0.1) is 25.7 Å². The number of ether oxygens (including phenoxy) is 1. The number of hydrogen-bond donors (Lipinski definition) is 0. The fourth-order valence-corrected chi connectivity index (χ4v) is 3.67. The highest BCUT2D eigenvalue weighted by atomic mass is 32.2. The lowest BCUT2D eigenvalue weighted by molar-refractivity contribution is 0.0562. The van der Waals surface area contributed by atoms with Gasteiger partial charge in [-0.15, -0.1) is 10.2 Å². The summed E-state index contributed by atoms with van der Waals surface area (Å²) in [6.45, 7) is 2.29. The summed E-state index contributed by atoms with van der Waals surface area (Å²) in [5.41, 5.74) is 1.60. The van der Waals surface area contributed by atoms with E-state index >= 15 is 0 Å². The van der Waals surface area contributed by atoms with Gasteiger partial charge in [0, 0.05) is 23.5 Å². The third-order valence-corrected chi connectivity index (χ3v) is 5.20. The quantitative estimate of drug-likeness (QED) is 0.334. The topological polar surface area (TPSA) is 96.2 Å².